The molecule has 0 aliphatic carbocycles. The van der Waals surface area contributed by atoms with Crippen molar-refractivity contribution in [2.45, 2.75) is 71.3 Å². The number of benzene rings is 1. The molecule has 1 aliphatic heterocycles. The van der Waals surface area contributed by atoms with Gasteiger partial charge in [-0.3, -0.25) is 0 Å². The topological polar surface area (TPSA) is 27.7 Å². The van der Waals surface area contributed by atoms with Gasteiger partial charge in [-0.2, -0.15) is 13.2 Å². The molecular weight excluding hydrogens is 356 g/mol. The van der Waals surface area contributed by atoms with Crippen molar-refractivity contribution < 1.29 is 27.2 Å². The van der Waals surface area contributed by atoms with E-state index in [0.29, 0.717) is 18.8 Å². The Hall–Kier alpha value is -1.47. The van der Waals surface area contributed by atoms with E-state index in [9.17, 15) is 13.2 Å². The summed E-state index contributed by atoms with van der Waals surface area (Å²) in [5.41, 5.74) is -0.379. The van der Waals surface area contributed by atoms with E-state index in [1.54, 1.807) is 0 Å². The fourth-order valence-electron chi connectivity index (χ4n) is 2.76. The van der Waals surface area contributed by atoms with Crippen LogP contribution in [0.1, 0.15) is 59.4 Å². The highest BCUT2D eigenvalue weighted by molar-refractivity contribution is 6.54. The molecule has 1 aromatic rings. The van der Waals surface area contributed by atoms with Crippen molar-refractivity contribution in [3.05, 3.63) is 41.4 Å². The SMILES string of the molecule is CCCC(=CCCOc1ccc(C(F)(F)F)cc1)B1OC(C)(C)C(C)(C)O1. The van der Waals surface area contributed by atoms with Gasteiger partial charge in [-0.15, -0.1) is 0 Å². The summed E-state index contributed by atoms with van der Waals surface area (Å²) in [6.45, 7) is 10.5. The standard InChI is InChI=1S/C20H28BF3O3/c1-6-8-16(21-26-18(2,3)19(4,5)27-21)9-7-14-25-17-12-10-15(11-13-17)20(22,23)24/h9-13H,6-8,14H2,1-5H3. The van der Waals surface area contributed by atoms with E-state index < -0.39 is 11.7 Å². The summed E-state index contributed by atoms with van der Waals surface area (Å²) in [4.78, 5) is 0. The van der Waals surface area contributed by atoms with Gasteiger partial charge in [-0.1, -0.05) is 19.4 Å². The van der Waals surface area contributed by atoms with E-state index >= 15 is 0 Å². The van der Waals surface area contributed by atoms with Crippen LogP contribution < -0.4 is 4.74 Å². The number of halogens is 3. The molecule has 0 bridgehead atoms. The minimum atomic E-state index is -4.33. The lowest BCUT2D eigenvalue weighted by Gasteiger charge is -2.32. The smallest absolute Gasteiger partial charge is 0.490 e. The summed E-state index contributed by atoms with van der Waals surface area (Å²) in [7, 11) is -0.374. The second-order valence-corrected chi connectivity index (χ2v) is 7.78. The lowest BCUT2D eigenvalue weighted by atomic mass is 9.75. The third-order valence-corrected chi connectivity index (χ3v) is 5.07. The van der Waals surface area contributed by atoms with Crippen LogP contribution in [0.15, 0.2) is 35.8 Å². The molecule has 0 unspecified atom stereocenters. The van der Waals surface area contributed by atoms with Crippen LogP contribution in [0.25, 0.3) is 0 Å². The third-order valence-electron chi connectivity index (χ3n) is 5.07. The van der Waals surface area contributed by atoms with Gasteiger partial charge in [0.15, 0.2) is 0 Å². The maximum Gasteiger partial charge on any atom is 0.490 e. The minimum absolute atomic E-state index is 0.373. The molecule has 27 heavy (non-hydrogen) atoms. The highest BCUT2D eigenvalue weighted by Crippen LogP contribution is 2.39. The van der Waals surface area contributed by atoms with Gasteiger partial charge in [-0.05, 0) is 70.3 Å². The average molecular weight is 384 g/mol. The number of rotatable bonds is 7. The molecule has 1 aliphatic rings. The van der Waals surface area contributed by atoms with Crippen LogP contribution >= 0.6 is 0 Å². The summed E-state index contributed by atoms with van der Waals surface area (Å²) in [6.07, 6.45) is 0.169. The molecule has 0 atom stereocenters. The van der Waals surface area contributed by atoms with Gasteiger partial charge in [0.1, 0.15) is 5.75 Å². The van der Waals surface area contributed by atoms with Crippen LogP contribution in [-0.2, 0) is 15.5 Å². The second kappa shape index (κ2) is 8.27. The number of alkyl halides is 3. The summed E-state index contributed by atoms with van der Waals surface area (Å²) in [5, 5.41) is 0. The van der Waals surface area contributed by atoms with Crippen LogP contribution in [0.4, 0.5) is 13.2 Å². The summed E-state index contributed by atoms with van der Waals surface area (Å²) >= 11 is 0. The van der Waals surface area contributed by atoms with Gasteiger partial charge in [0.05, 0.1) is 23.4 Å². The molecule has 3 nitrogen and oxygen atoms in total. The Labute approximate surface area is 160 Å². The maximum absolute atomic E-state index is 12.6. The highest BCUT2D eigenvalue weighted by atomic mass is 19.4. The minimum Gasteiger partial charge on any atom is -0.493 e. The Morgan fingerprint density at radius 3 is 2.11 bits per heavy atom. The van der Waals surface area contributed by atoms with Gasteiger partial charge >= 0.3 is 13.3 Å². The Bertz CT molecular complexity index is 635. The first kappa shape index (κ1) is 21.8. The van der Waals surface area contributed by atoms with Gasteiger partial charge < -0.3 is 14.0 Å². The van der Waals surface area contributed by atoms with E-state index in [2.05, 4.69) is 13.0 Å². The van der Waals surface area contributed by atoms with Gasteiger partial charge in [0.25, 0.3) is 0 Å². The molecule has 0 radical (unpaired) electrons. The lowest BCUT2D eigenvalue weighted by molar-refractivity contribution is -0.137. The maximum atomic E-state index is 12.6. The van der Waals surface area contributed by atoms with E-state index in [1.807, 2.05) is 27.7 Å². The van der Waals surface area contributed by atoms with E-state index in [0.717, 1.165) is 30.4 Å². The Kier molecular flexibility index (Phi) is 6.69. The number of allylic oxidation sites excluding steroid dienone is 1. The molecular formula is C20H28BF3O3. The monoisotopic (exact) mass is 384 g/mol. The van der Waals surface area contributed by atoms with Crippen molar-refractivity contribution in [3.8, 4) is 5.75 Å². The van der Waals surface area contributed by atoms with Crippen molar-refractivity contribution >= 4 is 7.12 Å². The third kappa shape index (κ3) is 5.51. The van der Waals surface area contributed by atoms with Crippen LogP contribution in [0.5, 0.6) is 5.75 Å². The van der Waals surface area contributed by atoms with Crippen molar-refractivity contribution in [1.82, 2.24) is 0 Å². The first-order valence-electron chi connectivity index (χ1n) is 9.31. The van der Waals surface area contributed by atoms with Crippen molar-refractivity contribution in [2.75, 3.05) is 6.61 Å². The first-order valence-corrected chi connectivity index (χ1v) is 9.31. The molecule has 0 aromatic heterocycles. The van der Waals surface area contributed by atoms with Crippen LogP contribution in [0.3, 0.4) is 0 Å². The molecule has 0 spiro atoms. The van der Waals surface area contributed by atoms with Crippen molar-refractivity contribution in [1.29, 1.82) is 0 Å². The van der Waals surface area contributed by atoms with E-state index in [1.165, 1.54) is 12.1 Å². The molecule has 7 heteroatoms. The van der Waals surface area contributed by atoms with E-state index in [-0.39, 0.29) is 18.3 Å². The first-order chi connectivity index (χ1) is 12.5. The molecule has 1 saturated heterocycles. The van der Waals surface area contributed by atoms with Gasteiger partial charge in [0.2, 0.25) is 0 Å². The molecule has 150 valence electrons. The molecule has 1 aromatic carbocycles. The highest BCUT2D eigenvalue weighted by Gasteiger charge is 2.52. The van der Waals surface area contributed by atoms with Crippen molar-refractivity contribution in [2.24, 2.45) is 0 Å². The predicted octanol–water partition coefficient (Wildman–Crippen LogP) is 5.83. The largest absolute Gasteiger partial charge is 0.493 e. The van der Waals surface area contributed by atoms with Gasteiger partial charge in [0, 0.05) is 0 Å². The van der Waals surface area contributed by atoms with Crippen molar-refractivity contribution in [3.63, 3.8) is 0 Å². The molecule has 2 rings (SSSR count). The Morgan fingerprint density at radius 2 is 1.63 bits per heavy atom. The zero-order valence-electron chi connectivity index (χ0n) is 16.7. The predicted molar refractivity (Wildman–Crippen MR) is 101 cm³/mol. The Balaban J connectivity index is 1.92. The van der Waals surface area contributed by atoms with Crippen LogP contribution in [-0.4, -0.2) is 24.9 Å². The molecule has 0 saturated carbocycles. The van der Waals surface area contributed by atoms with Crippen LogP contribution in [0, 0.1) is 0 Å². The van der Waals surface area contributed by atoms with Gasteiger partial charge in [-0.25, -0.2) is 0 Å². The number of hydrogen-bond donors (Lipinski definition) is 0. The summed E-state index contributed by atoms with van der Waals surface area (Å²) in [5.74, 6) is 0.420. The molecule has 0 amide bonds. The zero-order valence-corrected chi connectivity index (χ0v) is 16.7. The molecule has 0 N–H and O–H groups in total. The summed E-state index contributed by atoms with van der Waals surface area (Å²) < 4.78 is 55.5. The number of hydrogen-bond acceptors (Lipinski definition) is 3. The van der Waals surface area contributed by atoms with Crippen LogP contribution in [0.2, 0.25) is 0 Å². The molecule has 1 fully saturated rings. The zero-order chi connectivity index (χ0) is 20.3. The second-order valence-electron chi connectivity index (χ2n) is 7.78. The van der Waals surface area contributed by atoms with E-state index in [4.69, 9.17) is 14.0 Å². The fourth-order valence-corrected chi connectivity index (χ4v) is 2.76. The normalized spacial score (nSPS) is 19.4. The number of ether oxygens (including phenoxy) is 1. The summed E-state index contributed by atoms with van der Waals surface area (Å²) in [6, 6.07) is 4.73. The lowest BCUT2D eigenvalue weighted by Crippen LogP contribution is -2.41. The average Bonchev–Trinajstić information content (AvgIpc) is 2.78. The fraction of sp³-hybridized carbons (Fsp3) is 0.600. The molecule has 1 heterocycles. The quantitative estimate of drug-likeness (QED) is 0.437. The Morgan fingerprint density at radius 1 is 1.07 bits per heavy atom.